The van der Waals surface area contributed by atoms with Gasteiger partial charge in [-0.1, -0.05) is 18.2 Å². The van der Waals surface area contributed by atoms with Crippen LogP contribution >= 0.6 is 0 Å². The molecule has 5 nitrogen and oxygen atoms in total. The van der Waals surface area contributed by atoms with Crippen LogP contribution in [0.3, 0.4) is 0 Å². The highest BCUT2D eigenvalue weighted by Gasteiger charge is 2.28. The predicted molar refractivity (Wildman–Crippen MR) is 64.9 cm³/mol. The van der Waals surface area contributed by atoms with Crippen molar-refractivity contribution in [2.45, 2.75) is 18.9 Å². The van der Waals surface area contributed by atoms with Gasteiger partial charge in [-0.25, -0.2) is 0 Å². The smallest absolute Gasteiger partial charge is 0.269 e. The summed E-state index contributed by atoms with van der Waals surface area (Å²) >= 11 is 0. The largest absolute Gasteiger partial charge is 0.388 e. The first-order valence-corrected chi connectivity index (χ1v) is 5.72. The van der Waals surface area contributed by atoms with Crippen LogP contribution in [0.5, 0.6) is 0 Å². The predicted octanol–water partition coefficient (Wildman–Crippen LogP) is 2.16. The summed E-state index contributed by atoms with van der Waals surface area (Å²) < 4.78 is 0. The molecule has 0 fully saturated rings. The Labute approximate surface area is 104 Å². The van der Waals surface area contributed by atoms with Gasteiger partial charge in [-0.05, 0) is 24.5 Å². The van der Waals surface area contributed by atoms with Crippen molar-refractivity contribution in [3.63, 3.8) is 0 Å². The number of non-ortho nitro benzene ring substituents is 1. The highest BCUT2D eigenvalue weighted by molar-refractivity contribution is 5.93. The third-order valence-corrected chi connectivity index (χ3v) is 3.10. The van der Waals surface area contributed by atoms with E-state index in [9.17, 15) is 20.0 Å². The minimum Gasteiger partial charge on any atom is -0.388 e. The van der Waals surface area contributed by atoms with Crippen molar-refractivity contribution >= 4 is 11.5 Å². The second kappa shape index (κ2) is 5.10. The molecular weight excluding hydrogens is 234 g/mol. The zero-order valence-electron chi connectivity index (χ0n) is 9.65. The number of allylic oxidation sites excluding steroid dienone is 2. The fourth-order valence-electron chi connectivity index (χ4n) is 2.11. The Kier molecular flexibility index (Phi) is 3.53. The van der Waals surface area contributed by atoms with Crippen molar-refractivity contribution in [1.29, 1.82) is 0 Å². The van der Waals surface area contributed by atoms with Gasteiger partial charge in [-0.3, -0.25) is 14.9 Å². The minimum absolute atomic E-state index is 0.0784. The van der Waals surface area contributed by atoms with Gasteiger partial charge in [-0.15, -0.1) is 0 Å². The summed E-state index contributed by atoms with van der Waals surface area (Å²) in [4.78, 5) is 21.8. The van der Waals surface area contributed by atoms with Crippen LogP contribution in [-0.4, -0.2) is 15.8 Å². The van der Waals surface area contributed by atoms with E-state index in [4.69, 9.17) is 0 Å². The molecule has 5 heteroatoms. The Bertz CT molecular complexity index is 509. The number of benzene rings is 1. The van der Waals surface area contributed by atoms with Gasteiger partial charge >= 0.3 is 0 Å². The highest BCUT2D eigenvalue weighted by atomic mass is 16.6. The second-order valence-electron chi connectivity index (χ2n) is 4.29. The monoisotopic (exact) mass is 247 g/mol. The summed E-state index contributed by atoms with van der Waals surface area (Å²) in [6.45, 7) is 0. The maximum atomic E-state index is 11.6. The lowest BCUT2D eigenvalue weighted by Gasteiger charge is -2.22. The third-order valence-electron chi connectivity index (χ3n) is 3.10. The van der Waals surface area contributed by atoms with Crippen LogP contribution in [0.1, 0.15) is 24.5 Å². The molecule has 1 aliphatic carbocycles. The topological polar surface area (TPSA) is 80.4 Å². The summed E-state index contributed by atoms with van der Waals surface area (Å²) in [6, 6.07) is 5.79. The van der Waals surface area contributed by atoms with Gasteiger partial charge in [0.2, 0.25) is 0 Å². The van der Waals surface area contributed by atoms with Crippen LogP contribution in [0.4, 0.5) is 5.69 Å². The van der Waals surface area contributed by atoms with Crippen molar-refractivity contribution in [3.05, 3.63) is 52.1 Å². The van der Waals surface area contributed by atoms with Crippen molar-refractivity contribution in [2.75, 3.05) is 0 Å². The first-order chi connectivity index (χ1) is 8.59. The van der Waals surface area contributed by atoms with Crippen LogP contribution in [0.15, 0.2) is 36.4 Å². The molecule has 94 valence electrons. The van der Waals surface area contributed by atoms with Crippen LogP contribution in [0, 0.1) is 16.0 Å². The SMILES string of the molecule is O=C1C=CCC[C@H]1[C@@H](O)c1cccc([N+](=O)[O-])c1. The maximum absolute atomic E-state index is 11.6. The van der Waals surface area contributed by atoms with Crippen LogP contribution < -0.4 is 0 Å². The molecule has 1 aromatic rings. The number of ketones is 1. The zero-order valence-corrected chi connectivity index (χ0v) is 9.65. The molecular formula is C13H13NO4. The molecule has 18 heavy (non-hydrogen) atoms. The average Bonchev–Trinajstić information content (AvgIpc) is 2.38. The highest BCUT2D eigenvalue weighted by Crippen LogP contribution is 2.30. The van der Waals surface area contributed by atoms with E-state index in [1.54, 1.807) is 12.1 Å². The average molecular weight is 247 g/mol. The molecule has 0 aliphatic heterocycles. The molecule has 0 saturated heterocycles. The van der Waals surface area contributed by atoms with Crippen LogP contribution in [0.2, 0.25) is 0 Å². The molecule has 0 heterocycles. The number of aliphatic hydroxyl groups excluding tert-OH is 1. The van der Waals surface area contributed by atoms with Gasteiger partial charge in [-0.2, -0.15) is 0 Å². The molecule has 1 aliphatic rings. The quantitative estimate of drug-likeness (QED) is 0.655. The summed E-state index contributed by atoms with van der Waals surface area (Å²) in [5.41, 5.74) is 0.336. The Hall–Kier alpha value is -2.01. The van der Waals surface area contributed by atoms with Gasteiger partial charge in [0.25, 0.3) is 5.69 Å². The number of carbonyl (C=O) groups is 1. The van der Waals surface area contributed by atoms with E-state index < -0.39 is 16.9 Å². The first kappa shape index (κ1) is 12.4. The fourth-order valence-corrected chi connectivity index (χ4v) is 2.11. The van der Waals surface area contributed by atoms with E-state index in [1.165, 1.54) is 24.3 Å². The molecule has 2 rings (SSSR count). The molecule has 0 bridgehead atoms. The fraction of sp³-hybridized carbons (Fsp3) is 0.308. The number of rotatable bonds is 3. The van der Waals surface area contributed by atoms with Crippen molar-refractivity contribution in [1.82, 2.24) is 0 Å². The van der Waals surface area contributed by atoms with E-state index in [1.807, 2.05) is 0 Å². The Balaban J connectivity index is 2.25. The number of carbonyl (C=O) groups excluding carboxylic acids is 1. The van der Waals surface area contributed by atoms with Crippen molar-refractivity contribution < 1.29 is 14.8 Å². The number of aliphatic hydroxyl groups is 1. The zero-order chi connectivity index (χ0) is 13.1. The number of nitro groups is 1. The Morgan fingerprint density at radius 1 is 1.44 bits per heavy atom. The van der Waals surface area contributed by atoms with Crippen molar-refractivity contribution in [2.24, 2.45) is 5.92 Å². The third kappa shape index (κ3) is 2.46. The van der Waals surface area contributed by atoms with Gasteiger partial charge < -0.3 is 5.11 Å². The molecule has 0 unspecified atom stereocenters. The Morgan fingerprint density at radius 3 is 2.89 bits per heavy atom. The summed E-state index contributed by atoms with van der Waals surface area (Å²) in [5.74, 6) is -0.628. The molecule has 0 aromatic heterocycles. The van der Waals surface area contributed by atoms with Gasteiger partial charge in [0, 0.05) is 12.1 Å². The van der Waals surface area contributed by atoms with E-state index in [0.29, 0.717) is 12.0 Å². The van der Waals surface area contributed by atoms with Crippen molar-refractivity contribution in [3.8, 4) is 0 Å². The van der Waals surface area contributed by atoms with Crippen LogP contribution in [-0.2, 0) is 4.79 Å². The molecule has 0 spiro atoms. The number of hydrogen-bond acceptors (Lipinski definition) is 4. The minimum atomic E-state index is -0.984. The summed E-state index contributed by atoms with van der Waals surface area (Å²) in [7, 11) is 0. The summed E-state index contributed by atoms with van der Waals surface area (Å²) in [6.07, 6.45) is 3.57. The summed E-state index contributed by atoms with van der Waals surface area (Å²) in [5, 5.41) is 20.8. The standard InChI is InChI=1S/C13H13NO4/c15-12-7-2-1-6-11(12)13(16)9-4-3-5-10(8-9)14(17)18/h2-5,7-8,11,13,16H,1,6H2/t11-,13+/m1/s1. The lowest BCUT2D eigenvalue weighted by atomic mass is 9.85. The van der Waals surface area contributed by atoms with Gasteiger partial charge in [0.05, 0.1) is 16.9 Å². The van der Waals surface area contributed by atoms with Gasteiger partial charge in [0.15, 0.2) is 5.78 Å². The maximum Gasteiger partial charge on any atom is 0.269 e. The first-order valence-electron chi connectivity index (χ1n) is 5.72. The molecule has 1 aromatic carbocycles. The molecule has 0 amide bonds. The Morgan fingerprint density at radius 2 is 2.22 bits per heavy atom. The molecule has 2 atom stereocenters. The molecule has 0 radical (unpaired) electrons. The van der Waals surface area contributed by atoms with Crippen LogP contribution in [0.25, 0.3) is 0 Å². The molecule has 0 saturated carbocycles. The number of hydrogen-bond donors (Lipinski definition) is 1. The second-order valence-corrected chi connectivity index (χ2v) is 4.29. The van der Waals surface area contributed by atoms with E-state index >= 15 is 0 Å². The lowest BCUT2D eigenvalue weighted by Crippen LogP contribution is -2.23. The van der Waals surface area contributed by atoms with E-state index in [2.05, 4.69) is 0 Å². The number of nitro benzene ring substituents is 1. The molecule has 1 N–H and O–H groups in total. The van der Waals surface area contributed by atoms with Gasteiger partial charge in [0.1, 0.15) is 0 Å². The number of nitrogens with zero attached hydrogens (tertiary/aromatic N) is 1. The van der Waals surface area contributed by atoms with E-state index in [0.717, 1.165) is 6.42 Å². The van der Waals surface area contributed by atoms with E-state index in [-0.39, 0.29) is 11.5 Å². The normalized spacial score (nSPS) is 20.7. The lowest BCUT2D eigenvalue weighted by molar-refractivity contribution is -0.385.